The summed E-state index contributed by atoms with van der Waals surface area (Å²) in [5, 5.41) is 7.94. The molecule has 10 nitrogen and oxygen atoms in total. The van der Waals surface area contributed by atoms with Gasteiger partial charge in [-0.1, -0.05) is 12.1 Å². The van der Waals surface area contributed by atoms with E-state index >= 15 is 0 Å². The Balaban J connectivity index is 1.32. The van der Waals surface area contributed by atoms with E-state index in [2.05, 4.69) is 20.5 Å². The van der Waals surface area contributed by atoms with E-state index in [1.165, 1.54) is 11.3 Å². The third-order valence-corrected chi connectivity index (χ3v) is 7.83. The minimum atomic E-state index is -0.553. The number of benzene rings is 2. The third kappa shape index (κ3) is 7.39. The molecular weight excluding hydrogens is 554 g/mol. The fraction of sp³-hybridized carbons (Fsp3) is 0.419. The first-order chi connectivity index (χ1) is 20.2. The van der Waals surface area contributed by atoms with Crippen LogP contribution in [0.3, 0.4) is 0 Å². The molecular formula is C31H37N5O5S. The number of piperidine rings is 1. The van der Waals surface area contributed by atoms with Gasteiger partial charge in [-0.15, -0.1) is 11.3 Å². The smallest absolute Gasteiger partial charge is 0.410 e. The Kier molecular flexibility index (Phi) is 8.96. The number of carbonyl (C=O) groups excluding carboxylic acids is 3. The van der Waals surface area contributed by atoms with Crippen LogP contribution in [-0.4, -0.2) is 65.7 Å². The van der Waals surface area contributed by atoms with E-state index in [0.717, 1.165) is 31.6 Å². The normalized spacial score (nSPS) is 15.8. The van der Waals surface area contributed by atoms with Crippen molar-refractivity contribution < 1.29 is 23.9 Å². The Morgan fingerprint density at radius 3 is 2.33 bits per heavy atom. The molecule has 0 saturated carbocycles. The Morgan fingerprint density at radius 1 is 0.929 bits per heavy atom. The number of anilines is 3. The van der Waals surface area contributed by atoms with Crippen LogP contribution in [-0.2, 0) is 4.74 Å². The number of nitrogens with one attached hydrogen (secondary N) is 2. The first-order valence-electron chi connectivity index (χ1n) is 14.3. The number of aromatic nitrogens is 1. The van der Waals surface area contributed by atoms with Crippen molar-refractivity contribution in [2.75, 3.05) is 41.7 Å². The molecule has 2 aromatic carbocycles. The Labute approximate surface area is 250 Å². The van der Waals surface area contributed by atoms with Crippen molar-refractivity contribution in [3.05, 3.63) is 65.2 Å². The average molecular weight is 592 g/mol. The number of thiazole rings is 1. The fourth-order valence-corrected chi connectivity index (χ4v) is 5.58. The van der Waals surface area contributed by atoms with Gasteiger partial charge in [-0.3, -0.25) is 14.9 Å². The molecule has 0 spiro atoms. The number of amides is 3. The minimum absolute atomic E-state index is 0.166. The van der Waals surface area contributed by atoms with Gasteiger partial charge in [0, 0.05) is 62.4 Å². The first-order valence-corrected chi connectivity index (χ1v) is 15.2. The molecule has 0 bridgehead atoms. The summed E-state index contributed by atoms with van der Waals surface area (Å²) < 4.78 is 12.0. The lowest BCUT2D eigenvalue weighted by molar-refractivity contribution is 0.0126. The van der Waals surface area contributed by atoms with Crippen LogP contribution in [0.2, 0.25) is 0 Å². The van der Waals surface area contributed by atoms with E-state index in [1.807, 2.05) is 32.9 Å². The van der Waals surface area contributed by atoms with E-state index in [4.69, 9.17) is 9.47 Å². The molecule has 2 N–H and O–H groups in total. The van der Waals surface area contributed by atoms with Gasteiger partial charge in [0.2, 0.25) is 0 Å². The predicted octanol–water partition coefficient (Wildman–Crippen LogP) is 6.03. The summed E-state index contributed by atoms with van der Waals surface area (Å²) in [5.41, 5.74) is 1.54. The molecule has 222 valence electrons. The van der Waals surface area contributed by atoms with Crippen LogP contribution in [0.1, 0.15) is 67.2 Å². The molecule has 2 fully saturated rings. The van der Waals surface area contributed by atoms with Crippen molar-refractivity contribution in [1.82, 2.24) is 9.88 Å². The van der Waals surface area contributed by atoms with Crippen molar-refractivity contribution in [2.45, 2.75) is 58.2 Å². The molecule has 11 heteroatoms. The fourth-order valence-electron chi connectivity index (χ4n) is 5.06. The second kappa shape index (κ2) is 12.8. The topological polar surface area (TPSA) is 113 Å². The number of hydrogen-bond acceptors (Lipinski definition) is 8. The quantitative estimate of drug-likeness (QED) is 0.345. The van der Waals surface area contributed by atoms with Crippen molar-refractivity contribution in [3.63, 3.8) is 0 Å². The number of rotatable bonds is 7. The van der Waals surface area contributed by atoms with Gasteiger partial charge in [0.15, 0.2) is 5.13 Å². The van der Waals surface area contributed by atoms with Gasteiger partial charge in [0.1, 0.15) is 17.5 Å². The summed E-state index contributed by atoms with van der Waals surface area (Å²) in [6.45, 7) is 8.50. The number of ether oxygens (including phenoxy) is 2. The molecule has 3 amide bonds. The van der Waals surface area contributed by atoms with Crippen LogP contribution in [0.15, 0.2) is 54.0 Å². The summed E-state index contributed by atoms with van der Waals surface area (Å²) in [6.07, 6.45) is 4.61. The van der Waals surface area contributed by atoms with Gasteiger partial charge in [-0.05, 0) is 57.9 Å². The maximum absolute atomic E-state index is 13.7. The molecule has 0 atom stereocenters. The lowest BCUT2D eigenvalue weighted by Gasteiger charge is -2.34. The highest BCUT2D eigenvalue weighted by molar-refractivity contribution is 7.13. The van der Waals surface area contributed by atoms with Gasteiger partial charge in [-0.2, -0.15) is 0 Å². The minimum Gasteiger partial charge on any atom is -0.489 e. The molecule has 2 aliphatic rings. The van der Waals surface area contributed by atoms with Crippen molar-refractivity contribution in [3.8, 4) is 5.75 Å². The van der Waals surface area contributed by atoms with Crippen LogP contribution in [0.25, 0.3) is 0 Å². The predicted molar refractivity (Wildman–Crippen MR) is 164 cm³/mol. The lowest BCUT2D eigenvalue weighted by atomic mass is 10.1. The summed E-state index contributed by atoms with van der Waals surface area (Å²) in [7, 11) is 0. The second-order valence-corrected chi connectivity index (χ2v) is 12.3. The Morgan fingerprint density at radius 2 is 1.64 bits per heavy atom. The zero-order valence-corrected chi connectivity index (χ0v) is 25.0. The summed E-state index contributed by atoms with van der Waals surface area (Å²) in [5.74, 6) is -0.255. The number of nitrogens with zero attached hydrogens (tertiary/aromatic N) is 3. The summed E-state index contributed by atoms with van der Waals surface area (Å²) in [4.78, 5) is 47.2. The van der Waals surface area contributed by atoms with Gasteiger partial charge in [0.25, 0.3) is 11.8 Å². The van der Waals surface area contributed by atoms with Crippen LogP contribution in [0.4, 0.5) is 21.3 Å². The van der Waals surface area contributed by atoms with Crippen molar-refractivity contribution >= 4 is 45.8 Å². The molecule has 5 rings (SSSR count). The van der Waals surface area contributed by atoms with Crippen LogP contribution in [0.5, 0.6) is 5.75 Å². The number of likely N-dealkylation sites (tertiary alicyclic amines) is 1. The zero-order valence-electron chi connectivity index (χ0n) is 24.2. The van der Waals surface area contributed by atoms with Gasteiger partial charge >= 0.3 is 6.09 Å². The molecule has 3 heterocycles. The summed E-state index contributed by atoms with van der Waals surface area (Å²) >= 11 is 1.32. The maximum atomic E-state index is 13.7. The molecule has 0 unspecified atom stereocenters. The van der Waals surface area contributed by atoms with Crippen LogP contribution in [0, 0.1) is 0 Å². The SMILES string of the molecule is CC(C)(C)OC(=O)N1CCC(Oc2cc(N3CCCC3)ccc2C(=O)Nc2ccccc2C(=O)Nc2nccs2)CC1. The number of hydrogen-bond donors (Lipinski definition) is 2. The standard InChI is InChI=1S/C31H37N5O5S/c1-31(2,3)41-30(39)36-17-12-22(13-18-36)40-26-20-21(35-15-6-7-16-35)10-11-24(26)28(38)33-25-9-5-4-8-23(25)27(37)34-29-32-14-19-42-29/h4-5,8-11,14,19-20,22H,6-7,12-13,15-18H2,1-3H3,(H,33,38)(H,32,34,37). The maximum Gasteiger partial charge on any atom is 0.410 e. The zero-order chi connectivity index (χ0) is 29.7. The van der Waals surface area contributed by atoms with Crippen molar-refractivity contribution in [1.29, 1.82) is 0 Å². The van der Waals surface area contributed by atoms with Crippen LogP contribution >= 0.6 is 11.3 Å². The average Bonchev–Trinajstić information content (AvgIpc) is 3.68. The molecule has 1 aromatic heterocycles. The molecule has 42 heavy (non-hydrogen) atoms. The van der Waals surface area contributed by atoms with E-state index < -0.39 is 5.60 Å². The van der Waals surface area contributed by atoms with Crippen molar-refractivity contribution in [2.24, 2.45) is 0 Å². The Bertz CT molecular complexity index is 1410. The first kappa shape index (κ1) is 29.4. The van der Waals surface area contributed by atoms with E-state index in [1.54, 1.807) is 46.8 Å². The largest absolute Gasteiger partial charge is 0.489 e. The molecule has 2 aliphatic heterocycles. The van der Waals surface area contributed by atoms with Gasteiger partial charge < -0.3 is 24.6 Å². The highest BCUT2D eigenvalue weighted by atomic mass is 32.1. The highest BCUT2D eigenvalue weighted by Gasteiger charge is 2.29. The Hall–Kier alpha value is -4.12. The second-order valence-electron chi connectivity index (χ2n) is 11.5. The van der Waals surface area contributed by atoms with Gasteiger partial charge in [-0.25, -0.2) is 9.78 Å². The summed E-state index contributed by atoms with van der Waals surface area (Å²) in [6, 6.07) is 12.5. The van der Waals surface area contributed by atoms with E-state index in [0.29, 0.717) is 53.6 Å². The molecule has 0 radical (unpaired) electrons. The third-order valence-electron chi connectivity index (χ3n) is 7.14. The highest BCUT2D eigenvalue weighted by Crippen LogP contribution is 2.32. The van der Waals surface area contributed by atoms with E-state index in [9.17, 15) is 14.4 Å². The van der Waals surface area contributed by atoms with E-state index in [-0.39, 0.29) is 24.0 Å². The number of para-hydroxylation sites is 1. The molecule has 3 aromatic rings. The monoisotopic (exact) mass is 591 g/mol. The number of carbonyl (C=O) groups is 3. The van der Waals surface area contributed by atoms with Crippen LogP contribution < -0.4 is 20.3 Å². The van der Waals surface area contributed by atoms with Gasteiger partial charge in [0.05, 0.1) is 16.8 Å². The molecule has 2 saturated heterocycles. The lowest BCUT2D eigenvalue weighted by Crippen LogP contribution is -2.44. The molecule has 0 aliphatic carbocycles.